The van der Waals surface area contributed by atoms with Crippen molar-refractivity contribution in [2.24, 2.45) is 5.92 Å². The number of ether oxygens (including phenoxy) is 1. The molecule has 0 saturated carbocycles. The Balaban J connectivity index is 2.11. The zero-order valence-electron chi connectivity index (χ0n) is 5.84. The van der Waals surface area contributed by atoms with Crippen LogP contribution in [-0.2, 0) is 4.74 Å². The summed E-state index contributed by atoms with van der Waals surface area (Å²) in [5, 5.41) is 8.96. The van der Waals surface area contributed by atoms with Gasteiger partial charge in [-0.2, -0.15) is 0 Å². The highest BCUT2D eigenvalue weighted by atomic mass is 16.5. The summed E-state index contributed by atoms with van der Waals surface area (Å²) in [5.41, 5.74) is 0. The zero-order valence-corrected chi connectivity index (χ0v) is 5.84. The van der Waals surface area contributed by atoms with Crippen molar-refractivity contribution < 1.29 is 9.84 Å². The van der Waals surface area contributed by atoms with Crippen molar-refractivity contribution >= 4 is 0 Å². The molecule has 1 aliphatic rings. The summed E-state index contributed by atoms with van der Waals surface area (Å²) >= 11 is 0. The SMILES string of the molecule is C[C@H](O)CC1CCOC1. The Labute approximate surface area is 55.8 Å². The Bertz CT molecular complexity index is 75.0. The molecule has 0 aliphatic carbocycles. The van der Waals surface area contributed by atoms with E-state index in [4.69, 9.17) is 9.84 Å². The van der Waals surface area contributed by atoms with E-state index < -0.39 is 0 Å². The van der Waals surface area contributed by atoms with Gasteiger partial charge in [-0.25, -0.2) is 0 Å². The maximum Gasteiger partial charge on any atom is 0.0515 e. The first kappa shape index (κ1) is 7.03. The minimum Gasteiger partial charge on any atom is -0.393 e. The van der Waals surface area contributed by atoms with Crippen LogP contribution in [0.5, 0.6) is 0 Å². The van der Waals surface area contributed by atoms with E-state index in [0.29, 0.717) is 5.92 Å². The number of hydrogen-bond donors (Lipinski definition) is 1. The van der Waals surface area contributed by atoms with E-state index in [1.165, 1.54) is 0 Å². The van der Waals surface area contributed by atoms with Crippen molar-refractivity contribution in [1.82, 2.24) is 0 Å². The van der Waals surface area contributed by atoms with Crippen molar-refractivity contribution in [2.75, 3.05) is 13.2 Å². The lowest BCUT2D eigenvalue weighted by atomic mass is 10.0. The van der Waals surface area contributed by atoms with Gasteiger partial charge in [-0.1, -0.05) is 0 Å². The lowest BCUT2D eigenvalue weighted by Crippen LogP contribution is -2.09. The van der Waals surface area contributed by atoms with Crippen molar-refractivity contribution in [3.8, 4) is 0 Å². The van der Waals surface area contributed by atoms with E-state index in [1.54, 1.807) is 0 Å². The largest absolute Gasteiger partial charge is 0.393 e. The molecule has 1 heterocycles. The molecule has 2 heteroatoms. The van der Waals surface area contributed by atoms with Crippen molar-refractivity contribution in [2.45, 2.75) is 25.9 Å². The van der Waals surface area contributed by atoms with Gasteiger partial charge in [0.15, 0.2) is 0 Å². The maximum absolute atomic E-state index is 8.96. The maximum atomic E-state index is 8.96. The van der Waals surface area contributed by atoms with Gasteiger partial charge in [-0.3, -0.25) is 0 Å². The van der Waals surface area contributed by atoms with Gasteiger partial charge < -0.3 is 9.84 Å². The molecule has 0 spiro atoms. The first-order valence-electron chi connectivity index (χ1n) is 3.55. The molecule has 0 radical (unpaired) electrons. The second kappa shape index (κ2) is 3.18. The third-order valence-electron chi connectivity index (χ3n) is 1.70. The molecule has 1 fully saturated rings. The van der Waals surface area contributed by atoms with Gasteiger partial charge in [0, 0.05) is 13.2 Å². The zero-order chi connectivity index (χ0) is 6.69. The first-order valence-corrected chi connectivity index (χ1v) is 3.55. The van der Waals surface area contributed by atoms with Gasteiger partial charge >= 0.3 is 0 Å². The summed E-state index contributed by atoms with van der Waals surface area (Å²) in [6, 6.07) is 0. The van der Waals surface area contributed by atoms with Crippen LogP contribution in [0.15, 0.2) is 0 Å². The summed E-state index contributed by atoms with van der Waals surface area (Å²) in [7, 11) is 0. The summed E-state index contributed by atoms with van der Waals surface area (Å²) in [4.78, 5) is 0. The van der Waals surface area contributed by atoms with Crippen LogP contribution in [0.3, 0.4) is 0 Å². The molecule has 0 bridgehead atoms. The summed E-state index contributed by atoms with van der Waals surface area (Å²) in [5.74, 6) is 0.616. The van der Waals surface area contributed by atoms with Gasteiger partial charge in [-0.05, 0) is 25.7 Å². The van der Waals surface area contributed by atoms with Crippen LogP contribution in [-0.4, -0.2) is 24.4 Å². The number of aliphatic hydroxyl groups is 1. The predicted molar refractivity (Wildman–Crippen MR) is 35.2 cm³/mol. The number of aliphatic hydroxyl groups excluding tert-OH is 1. The van der Waals surface area contributed by atoms with Gasteiger partial charge in [0.2, 0.25) is 0 Å². The molecule has 9 heavy (non-hydrogen) atoms. The van der Waals surface area contributed by atoms with E-state index in [9.17, 15) is 0 Å². The standard InChI is InChI=1S/C7H14O2/c1-6(8)4-7-2-3-9-5-7/h6-8H,2-5H2,1H3/t6-,7?/m0/s1. The van der Waals surface area contributed by atoms with Gasteiger partial charge in [0.05, 0.1) is 6.10 Å². The highest BCUT2D eigenvalue weighted by Crippen LogP contribution is 2.17. The average molecular weight is 130 g/mol. The van der Waals surface area contributed by atoms with Crippen LogP contribution in [0.2, 0.25) is 0 Å². The highest BCUT2D eigenvalue weighted by molar-refractivity contribution is 4.66. The van der Waals surface area contributed by atoms with Gasteiger partial charge in [0.25, 0.3) is 0 Å². The fourth-order valence-corrected chi connectivity index (χ4v) is 1.25. The van der Waals surface area contributed by atoms with E-state index in [1.807, 2.05) is 6.92 Å². The minimum absolute atomic E-state index is 0.156. The van der Waals surface area contributed by atoms with Crippen LogP contribution < -0.4 is 0 Å². The van der Waals surface area contributed by atoms with Crippen LogP contribution >= 0.6 is 0 Å². The van der Waals surface area contributed by atoms with E-state index in [-0.39, 0.29) is 6.10 Å². The molecule has 1 aliphatic heterocycles. The van der Waals surface area contributed by atoms with E-state index >= 15 is 0 Å². The Morgan fingerprint density at radius 1 is 1.78 bits per heavy atom. The fraction of sp³-hybridized carbons (Fsp3) is 1.00. The second-order valence-corrected chi connectivity index (χ2v) is 2.81. The molecule has 1 unspecified atom stereocenters. The van der Waals surface area contributed by atoms with E-state index in [2.05, 4.69) is 0 Å². The number of rotatable bonds is 2. The van der Waals surface area contributed by atoms with Crippen LogP contribution in [0.1, 0.15) is 19.8 Å². The Morgan fingerprint density at radius 2 is 2.56 bits per heavy atom. The Morgan fingerprint density at radius 3 is 3.00 bits per heavy atom. The van der Waals surface area contributed by atoms with E-state index in [0.717, 1.165) is 26.1 Å². The molecular weight excluding hydrogens is 116 g/mol. The third-order valence-corrected chi connectivity index (χ3v) is 1.70. The molecule has 2 atom stereocenters. The summed E-state index contributed by atoms with van der Waals surface area (Å²) in [6.45, 7) is 3.57. The third kappa shape index (κ3) is 2.33. The topological polar surface area (TPSA) is 29.5 Å². The molecule has 0 amide bonds. The molecule has 1 N–H and O–H groups in total. The smallest absolute Gasteiger partial charge is 0.0515 e. The molecule has 0 aromatic carbocycles. The second-order valence-electron chi connectivity index (χ2n) is 2.81. The summed E-state index contributed by atoms with van der Waals surface area (Å²) in [6.07, 6.45) is 1.88. The molecule has 2 nitrogen and oxygen atoms in total. The molecule has 1 rings (SSSR count). The summed E-state index contributed by atoms with van der Waals surface area (Å²) < 4.78 is 5.15. The quantitative estimate of drug-likeness (QED) is 0.599. The number of hydrogen-bond acceptors (Lipinski definition) is 2. The molecule has 54 valence electrons. The Hall–Kier alpha value is -0.0800. The van der Waals surface area contributed by atoms with Crippen molar-refractivity contribution in [3.63, 3.8) is 0 Å². The minimum atomic E-state index is -0.156. The van der Waals surface area contributed by atoms with Crippen LogP contribution in [0, 0.1) is 5.92 Å². The first-order chi connectivity index (χ1) is 4.29. The monoisotopic (exact) mass is 130 g/mol. The van der Waals surface area contributed by atoms with Gasteiger partial charge in [-0.15, -0.1) is 0 Å². The van der Waals surface area contributed by atoms with Crippen molar-refractivity contribution in [1.29, 1.82) is 0 Å². The predicted octanol–water partition coefficient (Wildman–Crippen LogP) is 0.794. The van der Waals surface area contributed by atoms with Crippen molar-refractivity contribution in [3.05, 3.63) is 0 Å². The fourth-order valence-electron chi connectivity index (χ4n) is 1.25. The highest BCUT2D eigenvalue weighted by Gasteiger charge is 2.16. The molecule has 0 aromatic rings. The Kier molecular flexibility index (Phi) is 2.49. The van der Waals surface area contributed by atoms with Gasteiger partial charge in [0.1, 0.15) is 0 Å². The molecule has 1 saturated heterocycles. The van der Waals surface area contributed by atoms with Crippen LogP contribution in [0.25, 0.3) is 0 Å². The lowest BCUT2D eigenvalue weighted by molar-refractivity contribution is 0.141. The van der Waals surface area contributed by atoms with Crippen LogP contribution in [0.4, 0.5) is 0 Å². The lowest BCUT2D eigenvalue weighted by Gasteiger charge is -2.08. The molecular formula is C7H14O2. The molecule has 0 aromatic heterocycles. The average Bonchev–Trinajstić information content (AvgIpc) is 2.15. The normalized spacial score (nSPS) is 30.7.